The lowest BCUT2D eigenvalue weighted by Crippen LogP contribution is -2.56. The van der Waals surface area contributed by atoms with Gasteiger partial charge in [0.05, 0.1) is 6.61 Å². The van der Waals surface area contributed by atoms with E-state index in [9.17, 15) is 22.0 Å². The zero-order valence-electron chi connectivity index (χ0n) is 20.2. The first-order chi connectivity index (χ1) is 17.0. The summed E-state index contributed by atoms with van der Waals surface area (Å²) in [6.45, 7) is 1.92. The van der Waals surface area contributed by atoms with Crippen molar-refractivity contribution in [1.29, 1.82) is 0 Å². The lowest BCUT2D eigenvalue weighted by atomic mass is 9.42. The maximum atomic E-state index is 13.9. The average Bonchev–Trinajstić information content (AvgIpc) is 3.20. The molecule has 0 heterocycles. The maximum absolute atomic E-state index is 13.9. The van der Waals surface area contributed by atoms with Crippen molar-refractivity contribution < 1.29 is 31.3 Å². The molecule has 0 aliphatic heterocycles. The molecule has 0 amide bonds. The predicted molar refractivity (Wildman–Crippen MR) is 130 cm³/mol. The standard InChI is InChI=1S/C28H30F2O5S/c1-2-19-7-8-23(22-10-20-5-3-4-6-21(20)24(19)22)27-13-17-9-18(14-27)12-26(11-17,15-27)16-35-25(31)28(29,30)36(32,33)34/h3-8,17-18H,2,9-16H2,1H3,(H,32,33,34). The third kappa shape index (κ3) is 3.47. The Morgan fingerprint density at radius 1 is 1.11 bits per heavy atom. The van der Waals surface area contributed by atoms with E-state index in [4.69, 9.17) is 9.29 Å². The van der Waals surface area contributed by atoms with E-state index >= 15 is 0 Å². The van der Waals surface area contributed by atoms with Crippen LogP contribution in [0.15, 0.2) is 36.4 Å². The number of benzene rings is 2. The van der Waals surface area contributed by atoms with Crippen LogP contribution in [0.25, 0.3) is 11.1 Å². The predicted octanol–water partition coefficient (Wildman–Crippen LogP) is 5.68. The Labute approximate surface area is 210 Å². The number of esters is 1. The van der Waals surface area contributed by atoms with Crippen molar-refractivity contribution >= 4 is 16.1 Å². The van der Waals surface area contributed by atoms with E-state index in [0.29, 0.717) is 11.8 Å². The number of ether oxygens (including phenoxy) is 1. The van der Waals surface area contributed by atoms with Gasteiger partial charge >= 0.3 is 21.3 Å². The first kappa shape index (κ1) is 24.0. The Hall–Kier alpha value is -2.32. The minimum Gasteiger partial charge on any atom is -0.460 e. The second-order valence-corrected chi connectivity index (χ2v) is 13.1. The molecule has 5 aliphatic rings. The SMILES string of the molecule is CCc1ccc(C23CC4CC(CC(COC(=O)C(F)(F)S(=O)(=O)O)(C4)C2)C3)c2c1-c1ccccc1C2. The fraction of sp³-hybridized carbons (Fsp3) is 0.536. The molecule has 2 aromatic rings. The normalized spacial score (nSPS) is 30.2. The molecule has 36 heavy (non-hydrogen) atoms. The quantitative estimate of drug-likeness (QED) is 0.337. The van der Waals surface area contributed by atoms with Crippen LogP contribution in [-0.4, -0.2) is 30.8 Å². The largest absolute Gasteiger partial charge is 0.465 e. The Kier molecular flexibility index (Phi) is 5.24. The fourth-order valence-electron chi connectivity index (χ4n) is 8.46. The zero-order chi connectivity index (χ0) is 25.5. The molecule has 0 radical (unpaired) electrons. The van der Waals surface area contributed by atoms with Gasteiger partial charge in [-0.2, -0.15) is 17.2 Å². The third-order valence-electron chi connectivity index (χ3n) is 9.26. The van der Waals surface area contributed by atoms with E-state index in [-0.39, 0.29) is 12.0 Å². The van der Waals surface area contributed by atoms with Crippen molar-refractivity contribution in [3.63, 3.8) is 0 Å². The summed E-state index contributed by atoms with van der Waals surface area (Å²) in [5.74, 6) is -1.37. The molecule has 7 rings (SSSR count). The molecule has 5 aliphatic carbocycles. The van der Waals surface area contributed by atoms with Gasteiger partial charge in [-0.15, -0.1) is 0 Å². The summed E-state index contributed by atoms with van der Waals surface area (Å²) >= 11 is 0. The number of halogens is 2. The van der Waals surface area contributed by atoms with Crippen LogP contribution in [0.2, 0.25) is 0 Å². The number of aryl methyl sites for hydroxylation is 1. The maximum Gasteiger partial charge on any atom is 0.465 e. The lowest BCUT2D eigenvalue weighted by molar-refractivity contribution is -0.173. The van der Waals surface area contributed by atoms with E-state index in [1.165, 1.54) is 33.4 Å². The topological polar surface area (TPSA) is 80.7 Å². The van der Waals surface area contributed by atoms with Crippen LogP contribution in [0.3, 0.4) is 0 Å². The molecule has 4 bridgehead atoms. The van der Waals surface area contributed by atoms with Crippen LogP contribution in [0.5, 0.6) is 0 Å². The molecule has 192 valence electrons. The second kappa shape index (κ2) is 7.84. The molecule has 0 aromatic heterocycles. The molecule has 8 heteroatoms. The molecule has 0 spiro atoms. The highest BCUT2D eigenvalue weighted by Crippen LogP contribution is 2.66. The molecule has 4 fully saturated rings. The van der Waals surface area contributed by atoms with Crippen LogP contribution in [-0.2, 0) is 37.9 Å². The molecule has 2 aromatic carbocycles. The fourth-order valence-corrected chi connectivity index (χ4v) is 8.73. The minimum absolute atomic E-state index is 0.111. The number of carbonyl (C=O) groups excluding carboxylic acids is 1. The van der Waals surface area contributed by atoms with Crippen LogP contribution in [0.1, 0.15) is 67.7 Å². The van der Waals surface area contributed by atoms with Crippen LogP contribution < -0.4 is 0 Å². The van der Waals surface area contributed by atoms with Gasteiger partial charge in [0.15, 0.2) is 0 Å². The number of fused-ring (bicyclic) bond motifs is 3. The van der Waals surface area contributed by atoms with Gasteiger partial charge in [-0.05, 0) is 102 Å². The summed E-state index contributed by atoms with van der Waals surface area (Å²) in [6.07, 6.45) is 7.28. The molecule has 1 N–H and O–H groups in total. The summed E-state index contributed by atoms with van der Waals surface area (Å²) in [7, 11) is -5.88. The van der Waals surface area contributed by atoms with Crippen molar-refractivity contribution in [2.24, 2.45) is 17.3 Å². The zero-order valence-corrected chi connectivity index (χ0v) is 21.0. The van der Waals surface area contributed by atoms with Gasteiger partial charge < -0.3 is 4.74 Å². The number of alkyl halides is 2. The van der Waals surface area contributed by atoms with E-state index in [1.54, 1.807) is 0 Å². The highest BCUT2D eigenvalue weighted by atomic mass is 32.2. The van der Waals surface area contributed by atoms with E-state index < -0.39 is 26.8 Å². The smallest absolute Gasteiger partial charge is 0.460 e. The van der Waals surface area contributed by atoms with Crippen molar-refractivity contribution in [3.05, 3.63) is 58.7 Å². The Morgan fingerprint density at radius 3 is 2.47 bits per heavy atom. The van der Waals surface area contributed by atoms with Crippen molar-refractivity contribution in [2.75, 3.05) is 6.61 Å². The van der Waals surface area contributed by atoms with E-state index in [0.717, 1.165) is 51.4 Å². The summed E-state index contributed by atoms with van der Waals surface area (Å²) in [5, 5.41) is -4.96. The van der Waals surface area contributed by atoms with Gasteiger partial charge in [0.25, 0.3) is 0 Å². The molecule has 0 saturated heterocycles. The third-order valence-corrected chi connectivity index (χ3v) is 10.1. The van der Waals surface area contributed by atoms with Crippen molar-refractivity contribution in [3.8, 4) is 11.1 Å². The van der Waals surface area contributed by atoms with E-state index in [1.807, 2.05) is 0 Å². The van der Waals surface area contributed by atoms with Gasteiger partial charge in [-0.3, -0.25) is 4.55 Å². The monoisotopic (exact) mass is 516 g/mol. The molecular formula is C28H30F2O5S. The van der Waals surface area contributed by atoms with Gasteiger partial charge in [0, 0.05) is 5.41 Å². The highest BCUT2D eigenvalue weighted by Gasteiger charge is 2.60. The van der Waals surface area contributed by atoms with Gasteiger partial charge in [-0.1, -0.05) is 43.3 Å². The molecule has 5 nitrogen and oxygen atoms in total. The van der Waals surface area contributed by atoms with Crippen LogP contribution in [0, 0.1) is 17.3 Å². The molecule has 2 unspecified atom stereocenters. The van der Waals surface area contributed by atoms with Gasteiger partial charge in [0.2, 0.25) is 0 Å². The Balaban J connectivity index is 1.36. The van der Waals surface area contributed by atoms with Crippen molar-refractivity contribution in [2.45, 2.75) is 69.0 Å². The van der Waals surface area contributed by atoms with Crippen LogP contribution >= 0.6 is 0 Å². The Morgan fingerprint density at radius 2 is 1.81 bits per heavy atom. The number of hydrogen-bond donors (Lipinski definition) is 1. The van der Waals surface area contributed by atoms with Gasteiger partial charge in [0.1, 0.15) is 0 Å². The number of hydrogen-bond acceptors (Lipinski definition) is 4. The van der Waals surface area contributed by atoms with E-state index in [2.05, 4.69) is 43.3 Å². The summed E-state index contributed by atoms with van der Waals surface area (Å²) in [5.41, 5.74) is 7.45. The summed E-state index contributed by atoms with van der Waals surface area (Å²) in [6, 6.07) is 13.1. The van der Waals surface area contributed by atoms with Crippen LogP contribution in [0.4, 0.5) is 8.78 Å². The number of rotatable bonds is 6. The number of carbonyl (C=O) groups is 1. The minimum atomic E-state index is -5.88. The summed E-state index contributed by atoms with van der Waals surface area (Å²) < 4.78 is 63.5. The molecule has 2 atom stereocenters. The summed E-state index contributed by atoms with van der Waals surface area (Å²) in [4.78, 5) is 12.0. The van der Waals surface area contributed by atoms with Gasteiger partial charge in [-0.25, -0.2) is 4.79 Å². The lowest BCUT2D eigenvalue weighted by Gasteiger charge is -2.62. The first-order valence-corrected chi connectivity index (χ1v) is 14.2. The Bertz CT molecular complexity index is 1350. The highest BCUT2D eigenvalue weighted by molar-refractivity contribution is 7.87. The second-order valence-electron chi connectivity index (χ2n) is 11.6. The molecule has 4 saturated carbocycles. The average molecular weight is 517 g/mol. The van der Waals surface area contributed by atoms with Crippen molar-refractivity contribution in [1.82, 2.24) is 0 Å². The first-order valence-electron chi connectivity index (χ1n) is 12.7. The molecular weight excluding hydrogens is 486 g/mol.